The van der Waals surface area contributed by atoms with Crippen molar-refractivity contribution in [1.82, 2.24) is 0 Å². The van der Waals surface area contributed by atoms with Gasteiger partial charge in [0, 0.05) is 24.0 Å². The van der Waals surface area contributed by atoms with E-state index < -0.39 is 5.41 Å². The van der Waals surface area contributed by atoms with Gasteiger partial charge in [-0.25, -0.2) is 0 Å². The first kappa shape index (κ1) is 14.1. The molecule has 0 aliphatic carbocycles. The molecule has 0 aromatic carbocycles. The largest absolute Gasteiger partial charge is 0.368 e. The van der Waals surface area contributed by atoms with Crippen molar-refractivity contribution < 1.29 is 4.79 Å². The standard InChI is InChI=1S/C16H11NOS4/c17-15(18)16(12-3-1-6-20-12,13-4-2-7-21-13)14-9-11-10(22-14)5-8-19-11/h1-9H,(H2,17,18). The molecular weight excluding hydrogens is 350 g/mol. The monoisotopic (exact) mass is 361 g/mol. The van der Waals surface area contributed by atoms with Crippen molar-refractivity contribution in [3.63, 3.8) is 0 Å². The maximum atomic E-state index is 12.7. The maximum Gasteiger partial charge on any atom is 0.239 e. The highest BCUT2D eigenvalue weighted by Gasteiger charge is 2.45. The Morgan fingerprint density at radius 3 is 2.05 bits per heavy atom. The molecule has 4 heterocycles. The van der Waals surface area contributed by atoms with Crippen molar-refractivity contribution in [1.29, 1.82) is 0 Å². The molecule has 0 aliphatic rings. The molecule has 0 fully saturated rings. The average molecular weight is 362 g/mol. The molecule has 2 N–H and O–H groups in total. The van der Waals surface area contributed by atoms with E-state index in [4.69, 9.17) is 5.73 Å². The van der Waals surface area contributed by atoms with E-state index >= 15 is 0 Å². The van der Waals surface area contributed by atoms with Gasteiger partial charge in [-0.2, -0.15) is 0 Å². The molecule has 4 rings (SSSR count). The summed E-state index contributed by atoms with van der Waals surface area (Å²) in [6.07, 6.45) is 0. The summed E-state index contributed by atoms with van der Waals surface area (Å²) in [6.45, 7) is 0. The Morgan fingerprint density at radius 2 is 1.55 bits per heavy atom. The van der Waals surface area contributed by atoms with E-state index in [1.54, 1.807) is 45.3 Å². The van der Waals surface area contributed by atoms with Gasteiger partial charge >= 0.3 is 0 Å². The molecule has 0 unspecified atom stereocenters. The van der Waals surface area contributed by atoms with E-state index in [-0.39, 0.29) is 5.91 Å². The van der Waals surface area contributed by atoms with Crippen molar-refractivity contribution >= 4 is 60.7 Å². The molecule has 2 nitrogen and oxygen atoms in total. The molecule has 0 atom stereocenters. The summed E-state index contributed by atoms with van der Waals surface area (Å²) in [4.78, 5) is 15.6. The summed E-state index contributed by atoms with van der Waals surface area (Å²) in [5.41, 5.74) is 5.09. The third-order valence-corrected chi connectivity index (χ3v) is 7.85. The molecule has 0 saturated heterocycles. The van der Waals surface area contributed by atoms with Gasteiger partial charge in [-0.15, -0.1) is 45.3 Å². The van der Waals surface area contributed by atoms with Crippen LogP contribution in [-0.4, -0.2) is 5.91 Å². The molecule has 0 aliphatic heterocycles. The first-order chi connectivity index (χ1) is 10.7. The Balaban J connectivity index is 2.07. The van der Waals surface area contributed by atoms with E-state index in [1.807, 2.05) is 35.0 Å². The summed E-state index contributed by atoms with van der Waals surface area (Å²) in [5.74, 6) is -0.314. The number of carbonyl (C=O) groups excluding carboxylic acids is 1. The number of amides is 1. The number of thiophene rings is 4. The molecule has 0 radical (unpaired) electrons. The second kappa shape index (κ2) is 5.31. The predicted molar refractivity (Wildman–Crippen MR) is 97.4 cm³/mol. The quantitative estimate of drug-likeness (QED) is 0.552. The SMILES string of the molecule is NC(=O)C(c1cccs1)(c1cccs1)c1cc2sccc2s1. The summed E-state index contributed by atoms with van der Waals surface area (Å²) in [5, 5.41) is 6.07. The number of primary amides is 1. The smallest absolute Gasteiger partial charge is 0.239 e. The molecule has 110 valence electrons. The van der Waals surface area contributed by atoms with Gasteiger partial charge in [-0.3, -0.25) is 4.79 Å². The normalized spacial score (nSPS) is 12.0. The van der Waals surface area contributed by atoms with Crippen LogP contribution in [0.3, 0.4) is 0 Å². The van der Waals surface area contributed by atoms with Crippen LogP contribution in [0, 0.1) is 0 Å². The van der Waals surface area contributed by atoms with Crippen molar-refractivity contribution in [2.45, 2.75) is 5.41 Å². The number of hydrogen-bond acceptors (Lipinski definition) is 5. The van der Waals surface area contributed by atoms with Gasteiger partial charge in [0.1, 0.15) is 0 Å². The fourth-order valence-electron chi connectivity index (χ4n) is 2.66. The van der Waals surface area contributed by atoms with Gasteiger partial charge in [0.05, 0.1) is 0 Å². The summed E-state index contributed by atoms with van der Waals surface area (Å²) < 4.78 is 2.41. The number of rotatable bonds is 4. The zero-order valence-electron chi connectivity index (χ0n) is 11.3. The fourth-order valence-corrected chi connectivity index (χ4v) is 7.11. The molecule has 22 heavy (non-hydrogen) atoms. The molecule has 4 aromatic heterocycles. The van der Waals surface area contributed by atoms with Crippen LogP contribution in [0.15, 0.2) is 52.5 Å². The van der Waals surface area contributed by atoms with Crippen molar-refractivity contribution in [2.75, 3.05) is 0 Å². The van der Waals surface area contributed by atoms with Crippen LogP contribution in [0.2, 0.25) is 0 Å². The number of fused-ring (bicyclic) bond motifs is 1. The van der Waals surface area contributed by atoms with E-state index in [1.165, 1.54) is 9.40 Å². The lowest BCUT2D eigenvalue weighted by atomic mass is 9.82. The molecule has 0 bridgehead atoms. The highest BCUT2D eigenvalue weighted by molar-refractivity contribution is 7.27. The zero-order valence-corrected chi connectivity index (χ0v) is 14.6. The molecule has 0 spiro atoms. The molecule has 0 saturated carbocycles. The third-order valence-electron chi connectivity index (χ3n) is 3.66. The Morgan fingerprint density at radius 1 is 0.864 bits per heavy atom. The lowest BCUT2D eigenvalue weighted by molar-refractivity contribution is -0.120. The highest BCUT2D eigenvalue weighted by atomic mass is 32.1. The first-order valence-corrected chi connectivity index (χ1v) is 10.0. The highest BCUT2D eigenvalue weighted by Crippen LogP contribution is 2.47. The van der Waals surface area contributed by atoms with Crippen LogP contribution >= 0.6 is 45.3 Å². The van der Waals surface area contributed by atoms with Gasteiger partial charge in [0.2, 0.25) is 5.91 Å². The first-order valence-electron chi connectivity index (χ1n) is 6.58. The van der Waals surface area contributed by atoms with Crippen LogP contribution in [0.5, 0.6) is 0 Å². The van der Waals surface area contributed by atoms with Crippen molar-refractivity contribution in [3.05, 3.63) is 67.2 Å². The van der Waals surface area contributed by atoms with Crippen LogP contribution < -0.4 is 5.73 Å². The maximum absolute atomic E-state index is 12.7. The van der Waals surface area contributed by atoms with Gasteiger partial charge in [-0.05, 0) is 40.4 Å². The summed E-state index contributed by atoms with van der Waals surface area (Å²) in [6, 6.07) is 12.2. The predicted octanol–water partition coefficient (Wildman–Crippen LogP) is 4.91. The Hall–Kier alpha value is -1.47. The van der Waals surface area contributed by atoms with Gasteiger partial charge in [0.15, 0.2) is 5.41 Å². The van der Waals surface area contributed by atoms with E-state index in [0.29, 0.717) is 0 Å². The summed E-state index contributed by atoms with van der Waals surface area (Å²) in [7, 11) is 0. The summed E-state index contributed by atoms with van der Waals surface area (Å²) >= 11 is 6.51. The Kier molecular flexibility index (Phi) is 3.41. The van der Waals surface area contributed by atoms with Crippen LogP contribution in [0.4, 0.5) is 0 Å². The molecular formula is C16H11NOS4. The fraction of sp³-hybridized carbons (Fsp3) is 0.0625. The van der Waals surface area contributed by atoms with Crippen molar-refractivity contribution in [3.8, 4) is 0 Å². The molecule has 6 heteroatoms. The molecule has 1 amide bonds. The number of hydrogen-bond donors (Lipinski definition) is 1. The van der Waals surface area contributed by atoms with E-state index in [9.17, 15) is 4.79 Å². The van der Waals surface area contributed by atoms with Gasteiger partial charge in [-0.1, -0.05) is 12.1 Å². The Bertz CT molecular complexity index is 852. The third kappa shape index (κ3) is 1.91. The minimum atomic E-state index is -0.869. The lowest BCUT2D eigenvalue weighted by Gasteiger charge is -2.27. The van der Waals surface area contributed by atoms with Crippen LogP contribution in [0.1, 0.15) is 14.6 Å². The second-order valence-electron chi connectivity index (χ2n) is 4.83. The lowest BCUT2D eigenvalue weighted by Crippen LogP contribution is -2.41. The van der Waals surface area contributed by atoms with Crippen LogP contribution in [-0.2, 0) is 10.2 Å². The minimum absolute atomic E-state index is 0.314. The van der Waals surface area contributed by atoms with Gasteiger partial charge in [0.25, 0.3) is 0 Å². The van der Waals surface area contributed by atoms with Gasteiger partial charge < -0.3 is 5.73 Å². The molecule has 4 aromatic rings. The second-order valence-corrected chi connectivity index (χ2v) is 8.76. The number of nitrogens with two attached hydrogens (primary N) is 1. The average Bonchev–Trinajstić information content (AvgIpc) is 3.25. The van der Waals surface area contributed by atoms with E-state index in [2.05, 4.69) is 17.5 Å². The Labute approximate surface area is 143 Å². The zero-order chi connectivity index (χ0) is 15.2. The van der Waals surface area contributed by atoms with Crippen molar-refractivity contribution in [2.24, 2.45) is 5.73 Å². The number of carbonyl (C=O) groups is 1. The minimum Gasteiger partial charge on any atom is -0.368 e. The topological polar surface area (TPSA) is 43.1 Å². The van der Waals surface area contributed by atoms with Crippen LogP contribution in [0.25, 0.3) is 9.40 Å². The van der Waals surface area contributed by atoms with E-state index in [0.717, 1.165) is 14.6 Å².